The van der Waals surface area contributed by atoms with Gasteiger partial charge in [0.15, 0.2) is 0 Å². The molecule has 2 atom stereocenters. The van der Waals surface area contributed by atoms with Crippen LogP contribution in [0.4, 0.5) is 0 Å². The van der Waals surface area contributed by atoms with E-state index in [1.54, 1.807) is 14.2 Å². The Morgan fingerprint density at radius 1 is 1.53 bits per heavy atom. The second-order valence-electron chi connectivity index (χ2n) is 4.56. The van der Waals surface area contributed by atoms with Crippen molar-refractivity contribution in [2.24, 2.45) is 5.92 Å². The number of methoxy groups -OCH3 is 2. The molecule has 0 aromatic carbocycles. The molecule has 17 heavy (non-hydrogen) atoms. The summed E-state index contributed by atoms with van der Waals surface area (Å²) >= 11 is 0. The van der Waals surface area contributed by atoms with Crippen LogP contribution in [-0.4, -0.2) is 64.4 Å². The summed E-state index contributed by atoms with van der Waals surface area (Å²) in [6.45, 7) is 3.95. The van der Waals surface area contributed by atoms with Crippen molar-refractivity contribution in [2.45, 2.75) is 18.9 Å². The van der Waals surface area contributed by atoms with Gasteiger partial charge in [-0.1, -0.05) is 0 Å². The van der Waals surface area contributed by atoms with Crippen LogP contribution in [0.15, 0.2) is 0 Å². The minimum atomic E-state index is -0.193. The van der Waals surface area contributed by atoms with Crippen molar-refractivity contribution >= 4 is 5.97 Å². The van der Waals surface area contributed by atoms with E-state index in [1.165, 1.54) is 13.5 Å². The number of ether oxygens (including phenoxy) is 2. The SMILES string of the molecule is CNC(CCN1CCC(COC)C1)C(=O)OC. The predicted octanol–water partition coefficient (Wildman–Crippen LogP) is 0.106. The summed E-state index contributed by atoms with van der Waals surface area (Å²) in [5.74, 6) is 0.464. The molecule has 1 aliphatic heterocycles. The van der Waals surface area contributed by atoms with Crippen LogP contribution in [0.3, 0.4) is 0 Å². The van der Waals surface area contributed by atoms with Crippen molar-refractivity contribution in [2.75, 3.05) is 47.5 Å². The van der Waals surface area contributed by atoms with Crippen LogP contribution in [0.5, 0.6) is 0 Å². The van der Waals surface area contributed by atoms with E-state index >= 15 is 0 Å². The highest BCUT2D eigenvalue weighted by atomic mass is 16.5. The Bertz CT molecular complexity index is 236. The maximum absolute atomic E-state index is 11.4. The second-order valence-corrected chi connectivity index (χ2v) is 4.56. The maximum Gasteiger partial charge on any atom is 0.322 e. The molecule has 100 valence electrons. The first-order valence-corrected chi connectivity index (χ1v) is 6.17. The van der Waals surface area contributed by atoms with E-state index in [9.17, 15) is 4.79 Å². The third-order valence-corrected chi connectivity index (χ3v) is 3.34. The largest absolute Gasteiger partial charge is 0.468 e. The molecule has 0 spiro atoms. The van der Waals surface area contributed by atoms with Crippen LogP contribution in [0.2, 0.25) is 0 Å². The number of rotatable bonds is 7. The molecular formula is C12H24N2O3. The Labute approximate surface area is 103 Å². The first-order valence-electron chi connectivity index (χ1n) is 6.17. The van der Waals surface area contributed by atoms with Gasteiger partial charge in [0.1, 0.15) is 6.04 Å². The molecule has 0 radical (unpaired) electrons. The van der Waals surface area contributed by atoms with E-state index in [4.69, 9.17) is 9.47 Å². The van der Waals surface area contributed by atoms with Crippen molar-refractivity contribution < 1.29 is 14.3 Å². The lowest BCUT2D eigenvalue weighted by atomic mass is 10.1. The fraction of sp³-hybridized carbons (Fsp3) is 0.917. The molecule has 1 N–H and O–H groups in total. The summed E-state index contributed by atoms with van der Waals surface area (Å²) in [5.41, 5.74) is 0. The molecule has 0 bridgehead atoms. The molecule has 0 amide bonds. The third kappa shape index (κ3) is 4.61. The third-order valence-electron chi connectivity index (χ3n) is 3.34. The van der Waals surface area contributed by atoms with Crippen molar-refractivity contribution in [3.05, 3.63) is 0 Å². The van der Waals surface area contributed by atoms with E-state index in [2.05, 4.69) is 10.2 Å². The summed E-state index contributed by atoms with van der Waals surface area (Å²) in [6, 6.07) is -0.193. The summed E-state index contributed by atoms with van der Waals surface area (Å²) in [4.78, 5) is 13.8. The van der Waals surface area contributed by atoms with Gasteiger partial charge in [-0.25, -0.2) is 0 Å². The molecule has 1 heterocycles. The molecule has 0 aromatic heterocycles. The summed E-state index contributed by atoms with van der Waals surface area (Å²) in [7, 11) is 4.97. The molecular weight excluding hydrogens is 220 g/mol. The number of likely N-dealkylation sites (N-methyl/N-ethyl adjacent to an activating group) is 1. The van der Waals surface area contributed by atoms with E-state index in [1.807, 2.05) is 0 Å². The van der Waals surface area contributed by atoms with E-state index in [-0.39, 0.29) is 12.0 Å². The molecule has 0 saturated carbocycles. The van der Waals surface area contributed by atoms with Gasteiger partial charge in [0.25, 0.3) is 0 Å². The molecule has 5 nitrogen and oxygen atoms in total. The number of carbonyl (C=O) groups is 1. The highest BCUT2D eigenvalue weighted by molar-refractivity contribution is 5.75. The monoisotopic (exact) mass is 244 g/mol. The number of likely N-dealkylation sites (tertiary alicyclic amines) is 1. The Morgan fingerprint density at radius 2 is 2.29 bits per heavy atom. The standard InChI is InChI=1S/C12H24N2O3/c1-13-11(12(15)17-3)5-7-14-6-4-10(8-14)9-16-2/h10-11,13H,4-9H2,1-3H3. The Kier molecular flexibility index (Phi) is 6.47. The average Bonchev–Trinajstić information content (AvgIpc) is 2.78. The number of carbonyl (C=O) groups excluding carboxylic acids is 1. The quantitative estimate of drug-likeness (QED) is 0.644. The minimum Gasteiger partial charge on any atom is -0.468 e. The Balaban J connectivity index is 2.24. The number of nitrogens with one attached hydrogen (secondary N) is 1. The minimum absolute atomic E-state index is 0.180. The molecule has 5 heteroatoms. The topological polar surface area (TPSA) is 50.8 Å². The Hall–Kier alpha value is -0.650. The molecule has 1 fully saturated rings. The molecule has 1 saturated heterocycles. The van der Waals surface area contributed by atoms with Gasteiger partial charge in [-0.2, -0.15) is 0 Å². The molecule has 0 aromatic rings. The second kappa shape index (κ2) is 7.63. The molecule has 2 unspecified atom stereocenters. The molecule has 1 aliphatic rings. The van der Waals surface area contributed by atoms with Gasteiger partial charge in [-0.05, 0) is 32.4 Å². The summed E-state index contributed by atoms with van der Waals surface area (Å²) in [6.07, 6.45) is 1.99. The van der Waals surface area contributed by atoms with Gasteiger partial charge in [-0.3, -0.25) is 4.79 Å². The first kappa shape index (κ1) is 14.4. The normalized spacial score (nSPS) is 22.6. The lowest BCUT2D eigenvalue weighted by molar-refractivity contribution is -0.143. The van der Waals surface area contributed by atoms with Crippen LogP contribution in [0, 0.1) is 5.92 Å². The fourth-order valence-corrected chi connectivity index (χ4v) is 2.32. The number of nitrogens with zero attached hydrogens (tertiary/aromatic N) is 1. The van der Waals surface area contributed by atoms with Crippen LogP contribution in [-0.2, 0) is 14.3 Å². The van der Waals surface area contributed by atoms with Gasteiger partial charge in [-0.15, -0.1) is 0 Å². The van der Waals surface area contributed by atoms with Crippen molar-refractivity contribution in [1.82, 2.24) is 10.2 Å². The molecule has 0 aliphatic carbocycles. The van der Waals surface area contributed by atoms with Crippen LogP contribution < -0.4 is 5.32 Å². The van der Waals surface area contributed by atoms with Gasteiger partial charge in [0.2, 0.25) is 0 Å². The zero-order valence-electron chi connectivity index (χ0n) is 11.1. The van der Waals surface area contributed by atoms with Gasteiger partial charge < -0.3 is 19.7 Å². The zero-order valence-corrected chi connectivity index (χ0v) is 11.1. The van der Waals surface area contributed by atoms with Crippen molar-refractivity contribution in [3.8, 4) is 0 Å². The first-order chi connectivity index (χ1) is 8.21. The van der Waals surface area contributed by atoms with Crippen molar-refractivity contribution in [3.63, 3.8) is 0 Å². The van der Waals surface area contributed by atoms with E-state index in [0.29, 0.717) is 5.92 Å². The number of hydrogen-bond acceptors (Lipinski definition) is 5. The lowest BCUT2D eigenvalue weighted by Crippen LogP contribution is -2.38. The van der Waals surface area contributed by atoms with Crippen molar-refractivity contribution in [1.29, 1.82) is 0 Å². The van der Waals surface area contributed by atoms with E-state index < -0.39 is 0 Å². The predicted molar refractivity (Wildman–Crippen MR) is 65.9 cm³/mol. The molecule has 1 rings (SSSR count). The van der Waals surface area contributed by atoms with Gasteiger partial charge in [0, 0.05) is 20.2 Å². The zero-order chi connectivity index (χ0) is 12.7. The average molecular weight is 244 g/mol. The summed E-state index contributed by atoms with van der Waals surface area (Å²) < 4.78 is 9.90. The highest BCUT2D eigenvalue weighted by Gasteiger charge is 2.24. The smallest absolute Gasteiger partial charge is 0.322 e. The van der Waals surface area contributed by atoms with Crippen LogP contribution in [0.1, 0.15) is 12.8 Å². The lowest BCUT2D eigenvalue weighted by Gasteiger charge is -2.19. The van der Waals surface area contributed by atoms with E-state index in [0.717, 1.165) is 32.7 Å². The van der Waals surface area contributed by atoms with Gasteiger partial charge in [0.05, 0.1) is 13.7 Å². The number of hydrogen-bond donors (Lipinski definition) is 1. The summed E-state index contributed by atoms with van der Waals surface area (Å²) in [5, 5.41) is 2.99. The Morgan fingerprint density at radius 3 is 2.88 bits per heavy atom. The van der Waals surface area contributed by atoms with Crippen LogP contribution >= 0.6 is 0 Å². The fourth-order valence-electron chi connectivity index (χ4n) is 2.32. The highest BCUT2D eigenvalue weighted by Crippen LogP contribution is 2.16. The van der Waals surface area contributed by atoms with Crippen LogP contribution in [0.25, 0.3) is 0 Å². The van der Waals surface area contributed by atoms with Gasteiger partial charge >= 0.3 is 5.97 Å². The number of esters is 1. The maximum atomic E-state index is 11.4.